The van der Waals surface area contributed by atoms with E-state index in [0.717, 1.165) is 11.1 Å². The van der Waals surface area contributed by atoms with Crippen molar-refractivity contribution in [3.63, 3.8) is 0 Å². The summed E-state index contributed by atoms with van der Waals surface area (Å²) in [5.41, 5.74) is 9.74. The summed E-state index contributed by atoms with van der Waals surface area (Å²) in [6.07, 6.45) is -2.48. The molecule has 112 valence electrons. The normalized spacial score (nSPS) is 25.5. The zero-order valence-electron chi connectivity index (χ0n) is 12.0. The van der Waals surface area contributed by atoms with Crippen LogP contribution in [-0.2, 0) is 0 Å². The van der Waals surface area contributed by atoms with Crippen molar-refractivity contribution in [1.82, 2.24) is 0 Å². The Bertz CT molecular complexity index is 459. The Labute approximate surface area is 118 Å². The standard InChI is InChI=1S/C16H22F3N/c1-10-4-3-5-14(11(10)2)15(20)12-6-8-13(9-7-12)16(17,18)19/h3-5,12-13,15H,6-9,20H2,1-2H3. The van der Waals surface area contributed by atoms with Gasteiger partial charge in [-0.15, -0.1) is 0 Å². The van der Waals surface area contributed by atoms with Crippen LogP contribution >= 0.6 is 0 Å². The molecule has 0 aliphatic heterocycles. The van der Waals surface area contributed by atoms with Gasteiger partial charge in [0.2, 0.25) is 0 Å². The van der Waals surface area contributed by atoms with Gasteiger partial charge in [-0.3, -0.25) is 0 Å². The third-order valence-corrected chi connectivity index (χ3v) is 4.75. The van der Waals surface area contributed by atoms with E-state index in [4.69, 9.17) is 5.73 Å². The second-order valence-corrected chi connectivity index (χ2v) is 5.97. The number of benzene rings is 1. The van der Waals surface area contributed by atoms with E-state index >= 15 is 0 Å². The van der Waals surface area contributed by atoms with Crippen molar-refractivity contribution < 1.29 is 13.2 Å². The fraction of sp³-hybridized carbons (Fsp3) is 0.625. The molecule has 0 amide bonds. The van der Waals surface area contributed by atoms with E-state index in [1.54, 1.807) is 0 Å². The van der Waals surface area contributed by atoms with Crippen LogP contribution in [0.2, 0.25) is 0 Å². The predicted molar refractivity (Wildman–Crippen MR) is 74.3 cm³/mol. The summed E-state index contributed by atoms with van der Waals surface area (Å²) in [5.74, 6) is -0.973. The average Bonchev–Trinajstić information content (AvgIpc) is 2.40. The van der Waals surface area contributed by atoms with E-state index in [1.165, 1.54) is 5.56 Å². The monoisotopic (exact) mass is 285 g/mol. The molecular formula is C16H22F3N. The number of hydrogen-bond acceptors (Lipinski definition) is 1. The maximum atomic E-state index is 12.7. The summed E-state index contributed by atoms with van der Waals surface area (Å²) in [5, 5.41) is 0. The summed E-state index contributed by atoms with van der Waals surface area (Å²) >= 11 is 0. The van der Waals surface area contributed by atoms with E-state index in [9.17, 15) is 13.2 Å². The highest BCUT2D eigenvalue weighted by atomic mass is 19.4. The summed E-state index contributed by atoms with van der Waals surface area (Å²) in [6, 6.07) is 5.86. The smallest absolute Gasteiger partial charge is 0.324 e. The van der Waals surface area contributed by atoms with E-state index < -0.39 is 12.1 Å². The fourth-order valence-electron chi connectivity index (χ4n) is 3.19. The molecule has 0 radical (unpaired) electrons. The molecule has 2 rings (SSSR count). The van der Waals surface area contributed by atoms with Gasteiger partial charge in [-0.2, -0.15) is 13.2 Å². The first kappa shape index (κ1) is 15.4. The maximum Gasteiger partial charge on any atom is 0.391 e. The Balaban J connectivity index is 2.05. The van der Waals surface area contributed by atoms with Crippen LogP contribution in [0.1, 0.15) is 48.4 Å². The van der Waals surface area contributed by atoms with E-state index in [0.29, 0.717) is 12.8 Å². The van der Waals surface area contributed by atoms with Crippen molar-refractivity contribution in [2.75, 3.05) is 0 Å². The number of halogens is 3. The minimum atomic E-state index is -4.05. The summed E-state index contributed by atoms with van der Waals surface area (Å²) in [6.45, 7) is 4.07. The van der Waals surface area contributed by atoms with Gasteiger partial charge in [0.1, 0.15) is 0 Å². The lowest BCUT2D eigenvalue weighted by Crippen LogP contribution is -2.32. The molecule has 0 heterocycles. The molecule has 0 spiro atoms. The quantitative estimate of drug-likeness (QED) is 0.839. The first-order chi connectivity index (χ1) is 9.30. The minimum absolute atomic E-state index is 0.149. The lowest BCUT2D eigenvalue weighted by atomic mass is 9.76. The van der Waals surface area contributed by atoms with Crippen LogP contribution in [0.5, 0.6) is 0 Å². The Morgan fingerprint density at radius 2 is 1.70 bits per heavy atom. The second kappa shape index (κ2) is 5.76. The van der Waals surface area contributed by atoms with Crippen molar-refractivity contribution in [3.05, 3.63) is 34.9 Å². The summed E-state index contributed by atoms with van der Waals surface area (Å²) in [4.78, 5) is 0. The number of alkyl halides is 3. The number of nitrogens with two attached hydrogens (primary N) is 1. The van der Waals surface area contributed by atoms with Crippen LogP contribution in [0.4, 0.5) is 13.2 Å². The molecule has 20 heavy (non-hydrogen) atoms. The number of rotatable bonds is 2. The molecule has 0 saturated heterocycles. The molecule has 1 atom stereocenters. The predicted octanol–water partition coefficient (Wildman–Crippen LogP) is 4.67. The highest BCUT2D eigenvalue weighted by molar-refractivity contribution is 5.35. The lowest BCUT2D eigenvalue weighted by molar-refractivity contribution is -0.184. The molecule has 1 aliphatic carbocycles. The molecule has 1 saturated carbocycles. The van der Waals surface area contributed by atoms with Gasteiger partial charge in [-0.25, -0.2) is 0 Å². The van der Waals surface area contributed by atoms with Gasteiger partial charge in [0.25, 0.3) is 0 Å². The third-order valence-electron chi connectivity index (χ3n) is 4.75. The summed E-state index contributed by atoms with van der Waals surface area (Å²) < 4.78 is 38.0. The zero-order valence-corrected chi connectivity index (χ0v) is 12.0. The lowest BCUT2D eigenvalue weighted by Gasteiger charge is -2.33. The Morgan fingerprint density at radius 1 is 1.10 bits per heavy atom. The minimum Gasteiger partial charge on any atom is -0.324 e. The van der Waals surface area contributed by atoms with Crippen LogP contribution in [0.3, 0.4) is 0 Å². The number of hydrogen-bond donors (Lipinski definition) is 1. The fourth-order valence-corrected chi connectivity index (χ4v) is 3.19. The largest absolute Gasteiger partial charge is 0.391 e. The van der Waals surface area contributed by atoms with Crippen molar-refractivity contribution in [2.45, 2.75) is 51.7 Å². The highest BCUT2D eigenvalue weighted by Crippen LogP contribution is 2.42. The maximum absolute atomic E-state index is 12.7. The van der Waals surface area contributed by atoms with Crippen LogP contribution in [0.25, 0.3) is 0 Å². The highest BCUT2D eigenvalue weighted by Gasteiger charge is 2.42. The molecule has 1 aromatic rings. The zero-order chi connectivity index (χ0) is 14.9. The Morgan fingerprint density at radius 3 is 2.25 bits per heavy atom. The summed E-state index contributed by atoms with van der Waals surface area (Å²) in [7, 11) is 0. The molecule has 0 bridgehead atoms. The van der Waals surface area contributed by atoms with E-state index in [-0.39, 0.29) is 24.8 Å². The van der Waals surface area contributed by atoms with Crippen molar-refractivity contribution >= 4 is 0 Å². The van der Waals surface area contributed by atoms with Crippen molar-refractivity contribution in [3.8, 4) is 0 Å². The molecule has 1 fully saturated rings. The van der Waals surface area contributed by atoms with Crippen LogP contribution in [0.15, 0.2) is 18.2 Å². The molecule has 1 aromatic carbocycles. The van der Waals surface area contributed by atoms with Gasteiger partial charge < -0.3 is 5.73 Å². The van der Waals surface area contributed by atoms with Gasteiger partial charge in [-0.1, -0.05) is 18.2 Å². The van der Waals surface area contributed by atoms with Gasteiger partial charge >= 0.3 is 6.18 Å². The van der Waals surface area contributed by atoms with Crippen LogP contribution in [0, 0.1) is 25.7 Å². The second-order valence-electron chi connectivity index (χ2n) is 5.97. The first-order valence-corrected chi connectivity index (χ1v) is 7.19. The van der Waals surface area contributed by atoms with Crippen LogP contribution in [-0.4, -0.2) is 6.18 Å². The Kier molecular flexibility index (Phi) is 4.43. The first-order valence-electron chi connectivity index (χ1n) is 7.19. The van der Waals surface area contributed by atoms with Gasteiger partial charge in [-0.05, 0) is 62.1 Å². The topological polar surface area (TPSA) is 26.0 Å². The molecule has 2 N–H and O–H groups in total. The molecular weight excluding hydrogens is 263 g/mol. The van der Waals surface area contributed by atoms with E-state index in [1.807, 2.05) is 32.0 Å². The molecule has 0 aromatic heterocycles. The average molecular weight is 285 g/mol. The third kappa shape index (κ3) is 3.17. The molecule has 4 heteroatoms. The van der Waals surface area contributed by atoms with Gasteiger partial charge in [0.15, 0.2) is 0 Å². The molecule has 1 nitrogen and oxygen atoms in total. The van der Waals surface area contributed by atoms with Crippen molar-refractivity contribution in [1.29, 1.82) is 0 Å². The van der Waals surface area contributed by atoms with Crippen molar-refractivity contribution in [2.24, 2.45) is 17.6 Å². The van der Waals surface area contributed by atoms with E-state index in [2.05, 4.69) is 0 Å². The van der Waals surface area contributed by atoms with Gasteiger partial charge in [0, 0.05) is 6.04 Å². The Hall–Kier alpha value is -1.03. The van der Waals surface area contributed by atoms with Gasteiger partial charge in [0.05, 0.1) is 5.92 Å². The SMILES string of the molecule is Cc1cccc(C(N)C2CCC(C(F)(F)F)CC2)c1C. The number of aryl methyl sites for hydroxylation is 1. The van der Waals surface area contributed by atoms with Crippen LogP contribution < -0.4 is 5.73 Å². The molecule has 1 aliphatic rings. The molecule has 1 unspecified atom stereocenters.